The number of fused-ring (bicyclic) bond motifs is 2. The van der Waals surface area contributed by atoms with Gasteiger partial charge < -0.3 is 15.1 Å². The van der Waals surface area contributed by atoms with Gasteiger partial charge >= 0.3 is 6.03 Å². The third-order valence-electron chi connectivity index (χ3n) is 6.27. The predicted molar refractivity (Wildman–Crippen MR) is 112 cm³/mol. The summed E-state index contributed by atoms with van der Waals surface area (Å²) in [6, 6.07) is 8.24. The molecule has 170 valence electrons. The summed E-state index contributed by atoms with van der Waals surface area (Å²) in [5, 5.41) is 5.06. The number of hydrogen-bond acceptors (Lipinski definition) is 4. The maximum Gasteiger partial charge on any atom is 0.322 e. The summed E-state index contributed by atoms with van der Waals surface area (Å²) in [6.45, 7) is 0.752. The number of amides is 5. The maximum absolute atomic E-state index is 12.9. The molecule has 33 heavy (non-hydrogen) atoms. The number of halogens is 2. The van der Waals surface area contributed by atoms with Gasteiger partial charge in [-0.15, -0.1) is 0 Å². The molecule has 10 heteroatoms. The Hall–Kier alpha value is -3.82. The molecular formula is C23H20F2N4O4. The van der Waals surface area contributed by atoms with E-state index in [-0.39, 0.29) is 49.3 Å². The van der Waals surface area contributed by atoms with Crippen molar-refractivity contribution >= 4 is 29.4 Å². The molecule has 2 aromatic rings. The Bertz CT molecular complexity index is 1200. The van der Waals surface area contributed by atoms with Gasteiger partial charge in [-0.1, -0.05) is 12.1 Å². The number of hydrogen-bond donors (Lipinski definition) is 2. The first-order valence-corrected chi connectivity index (χ1v) is 10.5. The zero-order valence-electron chi connectivity index (χ0n) is 17.4. The monoisotopic (exact) mass is 454 g/mol. The molecule has 0 bridgehead atoms. The molecule has 3 aliphatic rings. The maximum atomic E-state index is 12.9. The van der Waals surface area contributed by atoms with Crippen molar-refractivity contribution in [3.63, 3.8) is 0 Å². The Labute approximate surface area is 187 Å². The van der Waals surface area contributed by atoms with Gasteiger partial charge in [-0.3, -0.25) is 19.7 Å². The largest absolute Gasteiger partial charge is 0.322 e. The average Bonchev–Trinajstić information content (AvgIpc) is 3.34. The zero-order valence-corrected chi connectivity index (χ0v) is 17.4. The molecule has 1 saturated heterocycles. The van der Waals surface area contributed by atoms with Gasteiger partial charge in [0, 0.05) is 42.9 Å². The van der Waals surface area contributed by atoms with Crippen LogP contribution in [0.1, 0.15) is 51.9 Å². The molecule has 0 radical (unpaired) electrons. The second-order valence-electron chi connectivity index (χ2n) is 8.39. The highest BCUT2D eigenvalue weighted by molar-refractivity contribution is 6.05. The van der Waals surface area contributed by atoms with Gasteiger partial charge in [0.2, 0.25) is 11.8 Å². The summed E-state index contributed by atoms with van der Waals surface area (Å²) in [5.41, 5.74) is 3.07. The number of carbonyl (C=O) groups excluding carboxylic acids is 4. The number of carbonyl (C=O) groups is 4. The van der Waals surface area contributed by atoms with Crippen molar-refractivity contribution in [2.75, 3.05) is 5.32 Å². The van der Waals surface area contributed by atoms with Crippen molar-refractivity contribution < 1.29 is 28.0 Å². The van der Waals surface area contributed by atoms with E-state index in [1.54, 1.807) is 24.3 Å². The average molecular weight is 454 g/mol. The van der Waals surface area contributed by atoms with E-state index < -0.39 is 18.4 Å². The smallest absolute Gasteiger partial charge is 0.322 e. The van der Waals surface area contributed by atoms with Crippen molar-refractivity contribution in [1.29, 1.82) is 0 Å². The van der Waals surface area contributed by atoms with Gasteiger partial charge in [-0.25, -0.2) is 13.6 Å². The van der Waals surface area contributed by atoms with Crippen LogP contribution >= 0.6 is 0 Å². The van der Waals surface area contributed by atoms with Crippen LogP contribution in [0.15, 0.2) is 36.4 Å². The Morgan fingerprint density at radius 1 is 1.00 bits per heavy atom. The van der Waals surface area contributed by atoms with Crippen LogP contribution < -0.4 is 10.6 Å². The van der Waals surface area contributed by atoms with E-state index in [9.17, 15) is 28.0 Å². The normalized spacial score (nSPS) is 19.6. The van der Waals surface area contributed by atoms with Gasteiger partial charge in [-0.05, 0) is 47.4 Å². The number of urea groups is 1. The zero-order chi connectivity index (χ0) is 23.3. The van der Waals surface area contributed by atoms with Crippen LogP contribution in [0, 0.1) is 0 Å². The summed E-state index contributed by atoms with van der Waals surface area (Å²) < 4.78 is 25.9. The lowest BCUT2D eigenvalue weighted by atomic mass is 10.0. The molecular weight excluding hydrogens is 434 g/mol. The first kappa shape index (κ1) is 21.0. The topological polar surface area (TPSA) is 98.8 Å². The first-order chi connectivity index (χ1) is 15.8. The number of imide groups is 1. The van der Waals surface area contributed by atoms with Crippen molar-refractivity contribution in [3.05, 3.63) is 64.2 Å². The van der Waals surface area contributed by atoms with E-state index in [4.69, 9.17) is 0 Å². The van der Waals surface area contributed by atoms with Gasteiger partial charge in [0.1, 0.15) is 6.04 Å². The molecule has 0 aromatic heterocycles. The number of nitrogens with one attached hydrogen (secondary N) is 2. The fourth-order valence-corrected chi connectivity index (χ4v) is 4.55. The minimum Gasteiger partial charge on any atom is -0.322 e. The Kier molecular flexibility index (Phi) is 5.07. The van der Waals surface area contributed by atoms with Gasteiger partial charge in [0.15, 0.2) is 0 Å². The predicted octanol–water partition coefficient (Wildman–Crippen LogP) is 2.93. The van der Waals surface area contributed by atoms with Crippen LogP contribution in [0.25, 0.3) is 0 Å². The molecule has 3 heterocycles. The highest BCUT2D eigenvalue weighted by atomic mass is 19.3. The van der Waals surface area contributed by atoms with Crippen LogP contribution in [-0.4, -0.2) is 39.6 Å². The Balaban J connectivity index is 1.26. The molecule has 1 unspecified atom stereocenters. The summed E-state index contributed by atoms with van der Waals surface area (Å²) in [4.78, 5) is 52.1. The Morgan fingerprint density at radius 3 is 2.55 bits per heavy atom. The minimum atomic E-state index is -2.56. The van der Waals surface area contributed by atoms with E-state index in [1.807, 2.05) is 0 Å². The summed E-state index contributed by atoms with van der Waals surface area (Å²) >= 11 is 0. The summed E-state index contributed by atoms with van der Waals surface area (Å²) in [7, 11) is 0. The number of rotatable bonds is 3. The van der Waals surface area contributed by atoms with Crippen molar-refractivity contribution in [3.8, 4) is 0 Å². The molecule has 0 spiro atoms. The standard InChI is InChI=1S/C23H20F2N4O4/c24-20(25)12-1-2-13-9-28(10-14(13)7-12)23(33)26-16-3-4-17-15(8-16)11-29(22(17)32)18-5-6-19(30)27-21(18)31/h1-4,7-8,18,20H,5-6,9-11H2,(H,26,33)(H,27,30,31). The van der Waals surface area contributed by atoms with Crippen LogP contribution in [0.4, 0.5) is 19.3 Å². The van der Waals surface area contributed by atoms with Gasteiger partial charge in [-0.2, -0.15) is 0 Å². The third kappa shape index (κ3) is 3.81. The molecule has 1 atom stereocenters. The highest BCUT2D eigenvalue weighted by Crippen LogP contribution is 2.31. The van der Waals surface area contributed by atoms with Crippen molar-refractivity contribution in [1.82, 2.24) is 15.1 Å². The lowest BCUT2D eigenvalue weighted by molar-refractivity contribution is -0.136. The SMILES string of the molecule is O=C1CCC(N2Cc3cc(NC(=O)N4Cc5ccc(C(F)F)cc5C4)ccc3C2=O)C(=O)N1. The van der Waals surface area contributed by atoms with Gasteiger partial charge in [0.05, 0.1) is 0 Å². The van der Waals surface area contributed by atoms with E-state index in [1.165, 1.54) is 21.9 Å². The van der Waals surface area contributed by atoms with Crippen LogP contribution in [0.3, 0.4) is 0 Å². The number of alkyl halides is 2. The van der Waals surface area contributed by atoms with Crippen LogP contribution in [0.2, 0.25) is 0 Å². The van der Waals surface area contributed by atoms with Crippen LogP contribution in [0.5, 0.6) is 0 Å². The number of nitrogens with zero attached hydrogens (tertiary/aromatic N) is 2. The van der Waals surface area contributed by atoms with E-state index in [2.05, 4.69) is 10.6 Å². The molecule has 5 rings (SSSR count). The quantitative estimate of drug-likeness (QED) is 0.697. The number of anilines is 1. The third-order valence-corrected chi connectivity index (χ3v) is 6.27. The number of piperidine rings is 1. The molecule has 2 aromatic carbocycles. The van der Waals surface area contributed by atoms with Crippen LogP contribution in [-0.2, 0) is 29.2 Å². The molecule has 0 aliphatic carbocycles. The van der Waals surface area contributed by atoms with E-state index >= 15 is 0 Å². The first-order valence-electron chi connectivity index (χ1n) is 10.5. The fraction of sp³-hybridized carbons (Fsp3) is 0.304. The summed E-state index contributed by atoms with van der Waals surface area (Å²) in [6.07, 6.45) is -2.11. The second kappa shape index (κ2) is 7.95. The number of benzene rings is 2. The van der Waals surface area contributed by atoms with E-state index in [0.29, 0.717) is 28.9 Å². The lowest BCUT2D eigenvalue weighted by Crippen LogP contribution is -2.52. The Morgan fingerprint density at radius 2 is 1.79 bits per heavy atom. The van der Waals surface area contributed by atoms with Gasteiger partial charge in [0.25, 0.3) is 12.3 Å². The minimum absolute atomic E-state index is 0.0696. The summed E-state index contributed by atoms with van der Waals surface area (Å²) in [5.74, 6) is -1.12. The second-order valence-corrected chi connectivity index (χ2v) is 8.39. The molecule has 3 aliphatic heterocycles. The van der Waals surface area contributed by atoms with Crippen molar-refractivity contribution in [2.45, 2.75) is 44.9 Å². The molecule has 0 saturated carbocycles. The molecule has 2 N–H and O–H groups in total. The van der Waals surface area contributed by atoms with E-state index in [0.717, 1.165) is 5.56 Å². The molecule has 5 amide bonds. The highest BCUT2D eigenvalue weighted by Gasteiger charge is 2.39. The lowest BCUT2D eigenvalue weighted by Gasteiger charge is -2.29. The van der Waals surface area contributed by atoms with Crippen molar-refractivity contribution in [2.24, 2.45) is 0 Å². The molecule has 8 nitrogen and oxygen atoms in total. The molecule has 1 fully saturated rings. The fourth-order valence-electron chi connectivity index (χ4n) is 4.55.